The number of hydrogen-bond donors (Lipinski definition) is 2. The number of nitrogens with one attached hydrogen (secondary N) is 2. The molecule has 0 aliphatic carbocycles. The van der Waals surface area contributed by atoms with Crippen molar-refractivity contribution in [3.8, 4) is 11.5 Å². The lowest BCUT2D eigenvalue weighted by molar-refractivity contribution is -0.132. The number of benzene rings is 4. The monoisotopic (exact) mass is 623 g/mol. The molecule has 4 aromatic carbocycles. The number of nitrogens with zero attached hydrogens (tertiary/aromatic N) is 1. The third kappa shape index (κ3) is 9.52. The van der Waals surface area contributed by atoms with E-state index in [0.717, 1.165) is 16.7 Å². The second kappa shape index (κ2) is 15.3. The summed E-state index contributed by atoms with van der Waals surface area (Å²) in [5.74, 6) is 0.0186. The maximum absolute atomic E-state index is 13.1. The van der Waals surface area contributed by atoms with Crippen molar-refractivity contribution in [1.82, 2.24) is 10.7 Å². The van der Waals surface area contributed by atoms with Crippen molar-refractivity contribution in [1.29, 1.82) is 0 Å². The Morgan fingerprint density at radius 2 is 1.52 bits per heavy atom. The maximum Gasteiger partial charge on any atom is 0.262 e. The second-order valence-electron chi connectivity index (χ2n) is 9.30. The molecule has 0 bridgehead atoms. The first-order valence-electron chi connectivity index (χ1n) is 13.0. The SMILES string of the molecule is C[C@@H](Oc1ccc(Cl)cc1Cl)C(=O)N[C@@H](Cc1ccccc1)C(=O)N/N=C\c1ccc(OCc2ccc(Cl)cc2)cc1. The highest BCUT2D eigenvalue weighted by molar-refractivity contribution is 6.35. The number of carbonyl (C=O) groups is 2. The van der Waals surface area contributed by atoms with Crippen LogP contribution in [0.5, 0.6) is 11.5 Å². The van der Waals surface area contributed by atoms with Crippen LogP contribution in [0.25, 0.3) is 0 Å². The highest BCUT2D eigenvalue weighted by atomic mass is 35.5. The zero-order chi connectivity index (χ0) is 29.9. The van der Waals surface area contributed by atoms with Gasteiger partial charge in [0.2, 0.25) is 0 Å². The van der Waals surface area contributed by atoms with Crippen LogP contribution in [-0.4, -0.2) is 30.2 Å². The molecular weight excluding hydrogens is 597 g/mol. The van der Waals surface area contributed by atoms with Gasteiger partial charge in [-0.25, -0.2) is 5.43 Å². The zero-order valence-corrected chi connectivity index (χ0v) is 24.9. The standard InChI is InChI=1S/C32H28Cl3N3O4/c1-21(42-30-16-13-26(34)18-28(30)35)31(39)37-29(17-22-5-3-2-4-6-22)32(40)38-36-19-23-9-14-27(15-10-23)41-20-24-7-11-25(33)12-8-24/h2-16,18-19,21,29H,17,20H2,1H3,(H,37,39)(H,38,40)/b36-19-/t21-,29+/m1/s1. The Labute approximate surface area is 259 Å². The lowest BCUT2D eigenvalue weighted by atomic mass is 10.1. The highest BCUT2D eigenvalue weighted by Gasteiger charge is 2.25. The maximum atomic E-state index is 13.1. The van der Waals surface area contributed by atoms with Crippen LogP contribution >= 0.6 is 34.8 Å². The average Bonchev–Trinajstić information content (AvgIpc) is 2.99. The summed E-state index contributed by atoms with van der Waals surface area (Å²) < 4.78 is 11.5. The fourth-order valence-corrected chi connectivity index (χ4v) is 4.39. The van der Waals surface area contributed by atoms with Crippen LogP contribution in [0, 0.1) is 0 Å². The number of hydrazone groups is 1. The van der Waals surface area contributed by atoms with Crippen molar-refractivity contribution in [3.05, 3.63) is 129 Å². The van der Waals surface area contributed by atoms with Gasteiger partial charge in [0.15, 0.2) is 6.10 Å². The van der Waals surface area contributed by atoms with Crippen LogP contribution in [0.4, 0.5) is 0 Å². The normalized spacial score (nSPS) is 12.4. The number of amides is 2. The fourth-order valence-electron chi connectivity index (χ4n) is 3.81. The molecule has 0 saturated carbocycles. The number of hydrogen-bond acceptors (Lipinski definition) is 5. The predicted octanol–water partition coefficient (Wildman–Crippen LogP) is 6.87. The molecule has 0 heterocycles. The highest BCUT2D eigenvalue weighted by Crippen LogP contribution is 2.28. The van der Waals surface area contributed by atoms with Crippen molar-refractivity contribution < 1.29 is 19.1 Å². The minimum Gasteiger partial charge on any atom is -0.489 e. The zero-order valence-electron chi connectivity index (χ0n) is 22.6. The van der Waals surface area contributed by atoms with Gasteiger partial charge in [0.25, 0.3) is 11.8 Å². The first-order valence-corrected chi connectivity index (χ1v) is 14.2. The summed E-state index contributed by atoms with van der Waals surface area (Å²) in [6.45, 7) is 1.98. The van der Waals surface area contributed by atoms with E-state index in [1.54, 1.807) is 19.1 Å². The van der Waals surface area contributed by atoms with Gasteiger partial charge in [-0.3, -0.25) is 9.59 Å². The van der Waals surface area contributed by atoms with Gasteiger partial charge in [-0.1, -0.05) is 77.3 Å². The second-order valence-corrected chi connectivity index (χ2v) is 10.6. The van der Waals surface area contributed by atoms with E-state index in [0.29, 0.717) is 28.2 Å². The number of carbonyl (C=O) groups excluding carboxylic acids is 2. The van der Waals surface area contributed by atoms with Crippen LogP contribution in [-0.2, 0) is 22.6 Å². The molecule has 0 aromatic heterocycles. The van der Waals surface area contributed by atoms with Gasteiger partial charge in [0, 0.05) is 16.5 Å². The summed E-state index contributed by atoms with van der Waals surface area (Å²) >= 11 is 18.0. The molecule has 2 atom stereocenters. The smallest absolute Gasteiger partial charge is 0.262 e. The van der Waals surface area contributed by atoms with Crippen molar-refractivity contribution in [3.63, 3.8) is 0 Å². The van der Waals surface area contributed by atoms with E-state index in [9.17, 15) is 9.59 Å². The van der Waals surface area contributed by atoms with Crippen LogP contribution in [0.1, 0.15) is 23.6 Å². The van der Waals surface area contributed by atoms with E-state index >= 15 is 0 Å². The number of ether oxygens (including phenoxy) is 2. The largest absolute Gasteiger partial charge is 0.489 e. The summed E-state index contributed by atoms with van der Waals surface area (Å²) in [6, 6.07) is 27.8. The predicted molar refractivity (Wildman–Crippen MR) is 167 cm³/mol. The van der Waals surface area contributed by atoms with Gasteiger partial charge < -0.3 is 14.8 Å². The van der Waals surface area contributed by atoms with Crippen molar-refractivity contribution >= 4 is 52.8 Å². The number of halogens is 3. The van der Waals surface area contributed by atoms with Crippen molar-refractivity contribution in [2.75, 3.05) is 0 Å². The van der Waals surface area contributed by atoms with Gasteiger partial charge in [-0.2, -0.15) is 5.10 Å². The summed E-state index contributed by atoms with van der Waals surface area (Å²) in [5.41, 5.74) is 5.14. The Kier molecular flexibility index (Phi) is 11.2. The van der Waals surface area contributed by atoms with Gasteiger partial charge in [-0.15, -0.1) is 0 Å². The number of rotatable bonds is 12. The Bertz CT molecular complexity index is 1510. The Morgan fingerprint density at radius 1 is 0.833 bits per heavy atom. The van der Waals surface area contributed by atoms with E-state index in [1.807, 2.05) is 78.9 Å². The van der Waals surface area contributed by atoms with Gasteiger partial charge in [-0.05, 0) is 78.2 Å². The summed E-state index contributed by atoms with van der Waals surface area (Å²) in [6.07, 6.45) is 0.831. The van der Waals surface area contributed by atoms with Gasteiger partial charge in [0.05, 0.1) is 11.2 Å². The third-order valence-electron chi connectivity index (χ3n) is 6.07. The van der Waals surface area contributed by atoms with E-state index in [2.05, 4.69) is 15.8 Å². The minimum absolute atomic E-state index is 0.252. The Morgan fingerprint density at radius 3 is 2.21 bits per heavy atom. The molecule has 0 fully saturated rings. The van der Waals surface area contributed by atoms with Gasteiger partial charge in [0.1, 0.15) is 24.1 Å². The van der Waals surface area contributed by atoms with Crippen LogP contribution in [0.15, 0.2) is 102 Å². The van der Waals surface area contributed by atoms with Crippen molar-refractivity contribution in [2.24, 2.45) is 5.10 Å². The lowest BCUT2D eigenvalue weighted by Crippen LogP contribution is -2.50. The molecule has 7 nitrogen and oxygen atoms in total. The van der Waals surface area contributed by atoms with E-state index in [4.69, 9.17) is 44.3 Å². The van der Waals surface area contributed by atoms with E-state index in [1.165, 1.54) is 12.3 Å². The molecule has 2 amide bonds. The van der Waals surface area contributed by atoms with Crippen LogP contribution in [0.2, 0.25) is 15.1 Å². The quantitative estimate of drug-likeness (QED) is 0.133. The summed E-state index contributed by atoms with van der Waals surface area (Å²) in [4.78, 5) is 26.1. The molecule has 10 heteroatoms. The molecule has 0 unspecified atom stereocenters. The molecule has 42 heavy (non-hydrogen) atoms. The molecule has 0 radical (unpaired) electrons. The van der Waals surface area contributed by atoms with Crippen LogP contribution < -0.4 is 20.2 Å². The molecule has 4 aromatic rings. The molecule has 0 saturated heterocycles. The van der Waals surface area contributed by atoms with E-state index in [-0.39, 0.29) is 11.4 Å². The summed E-state index contributed by atoms with van der Waals surface area (Å²) in [5, 5.41) is 8.24. The lowest BCUT2D eigenvalue weighted by Gasteiger charge is -2.21. The Balaban J connectivity index is 1.35. The topological polar surface area (TPSA) is 89.0 Å². The summed E-state index contributed by atoms with van der Waals surface area (Å²) in [7, 11) is 0. The fraction of sp³-hybridized carbons (Fsp3) is 0.156. The Hall–Kier alpha value is -4.04. The molecule has 0 aliphatic rings. The molecular formula is C32H28Cl3N3O4. The molecule has 2 N–H and O–H groups in total. The molecule has 0 spiro atoms. The van der Waals surface area contributed by atoms with E-state index < -0.39 is 24.0 Å². The van der Waals surface area contributed by atoms with Gasteiger partial charge >= 0.3 is 0 Å². The first-order chi connectivity index (χ1) is 20.3. The third-order valence-corrected chi connectivity index (χ3v) is 6.85. The average molecular weight is 625 g/mol. The molecule has 4 rings (SSSR count). The molecule has 0 aliphatic heterocycles. The molecule has 216 valence electrons. The van der Waals surface area contributed by atoms with Crippen LogP contribution in [0.3, 0.4) is 0 Å². The first kappa shape index (κ1) is 30.9. The minimum atomic E-state index is -0.932. The van der Waals surface area contributed by atoms with Crippen molar-refractivity contribution in [2.45, 2.75) is 32.1 Å².